The fourth-order valence-corrected chi connectivity index (χ4v) is 4.59. The maximum absolute atomic E-state index is 12.9. The second kappa shape index (κ2) is 7.82. The predicted molar refractivity (Wildman–Crippen MR) is 115 cm³/mol. The van der Waals surface area contributed by atoms with E-state index in [2.05, 4.69) is 4.98 Å². The van der Waals surface area contributed by atoms with E-state index in [4.69, 9.17) is 36.6 Å². The molecule has 1 amide bonds. The van der Waals surface area contributed by atoms with Gasteiger partial charge >= 0.3 is 0 Å². The summed E-state index contributed by atoms with van der Waals surface area (Å²) in [6.45, 7) is 3.11. The van der Waals surface area contributed by atoms with E-state index in [0.717, 1.165) is 5.56 Å². The molecular weight excluding hydrogens is 428 g/mol. The maximum atomic E-state index is 12.9. The number of hydrogen-bond acceptors (Lipinski definition) is 10. The van der Waals surface area contributed by atoms with E-state index in [-0.39, 0.29) is 18.6 Å². The van der Waals surface area contributed by atoms with Crippen LogP contribution >= 0.6 is 24.0 Å². The molecule has 3 aliphatic rings. The molecule has 1 aromatic heterocycles. The third-order valence-corrected chi connectivity index (χ3v) is 6.23. The summed E-state index contributed by atoms with van der Waals surface area (Å²) in [4.78, 5) is 21.1. The van der Waals surface area contributed by atoms with Gasteiger partial charge in [-0.05, 0) is 17.7 Å². The monoisotopic (exact) mass is 446 g/mol. The van der Waals surface area contributed by atoms with Gasteiger partial charge in [-0.25, -0.2) is 0 Å². The van der Waals surface area contributed by atoms with E-state index in [1.54, 1.807) is 11.0 Å². The van der Waals surface area contributed by atoms with Crippen LogP contribution in [0.5, 0.6) is 11.5 Å². The first kappa shape index (κ1) is 19.2. The molecule has 9 nitrogen and oxygen atoms in total. The number of fused-ring (bicyclic) bond motifs is 1. The van der Waals surface area contributed by atoms with Gasteiger partial charge in [0.05, 0.1) is 24.7 Å². The van der Waals surface area contributed by atoms with Crippen molar-refractivity contribution in [2.24, 2.45) is 0 Å². The van der Waals surface area contributed by atoms with Crippen molar-refractivity contribution in [2.45, 2.75) is 6.54 Å². The largest absolute Gasteiger partial charge is 0.454 e. The Kier molecular flexibility index (Phi) is 5.01. The fourth-order valence-electron chi connectivity index (χ4n) is 3.37. The van der Waals surface area contributed by atoms with E-state index >= 15 is 0 Å². The Bertz CT molecular complexity index is 1050. The van der Waals surface area contributed by atoms with Crippen LogP contribution in [0.2, 0.25) is 0 Å². The summed E-state index contributed by atoms with van der Waals surface area (Å²) in [5.41, 5.74) is 6.91. The molecule has 4 heterocycles. The summed E-state index contributed by atoms with van der Waals surface area (Å²) < 4.78 is 22.3. The summed E-state index contributed by atoms with van der Waals surface area (Å²) in [7, 11) is 0. The van der Waals surface area contributed by atoms with Gasteiger partial charge in [-0.1, -0.05) is 30.0 Å². The highest BCUT2D eigenvalue weighted by molar-refractivity contribution is 8.26. The number of benzene rings is 1. The number of ether oxygens (including phenoxy) is 3. The summed E-state index contributed by atoms with van der Waals surface area (Å²) in [5.74, 6) is 2.23. The fraction of sp³-hybridized carbons (Fsp3) is 0.316. The van der Waals surface area contributed by atoms with Crippen molar-refractivity contribution in [1.29, 1.82) is 0 Å². The summed E-state index contributed by atoms with van der Waals surface area (Å²) in [6, 6.07) is 5.57. The molecule has 1 aromatic carbocycles. The minimum absolute atomic E-state index is 0.202. The van der Waals surface area contributed by atoms with Crippen LogP contribution in [0.1, 0.15) is 11.5 Å². The van der Waals surface area contributed by atoms with E-state index in [0.29, 0.717) is 65.3 Å². The van der Waals surface area contributed by atoms with Gasteiger partial charge in [0, 0.05) is 19.2 Å². The van der Waals surface area contributed by atoms with Crippen LogP contribution in [-0.2, 0) is 16.1 Å². The molecule has 2 N–H and O–H groups in total. The molecule has 5 rings (SSSR count). The molecule has 0 bridgehead atoms. The van der Waals surface area contributed by atoms with E-state index in [9.17, 15) is 4.79 Å². The lowest BCUT2D eigenvalue weighted by molar-refractivity contribution is -0.122. The Labute approximate surface area is 181 Å². The zero-order chi connectivity index (χ0) is 20.7. The van der Waals surface area contributed by atoms with Gasteiger partial charge in [0.15, 0.2) is 17.3 Å². The Balaban J connectivity index is 1.33. The number of nitrogens with two attached hydrogens (primary N) is 1. The van der Waals surface area contributed by atoms with E-state index in [1.807, 2.05) is 23.1 Å². The minimum atomic E-state index is -0.202. The van der Waals surface area contributed by atoms with E-state index in [1.165, 1.54) is 11.8 Å². The number of thiocarbonyl (C=S) groups is 1. The molecule has 0 atom stereocenters. The minimum Gasteiger partial charge on any atom is -0.454 e. The van der Waals surface area contributed by atoms with Crippen LogP contribution in [-0.4, -0.2) is 53.2 Å². The first-order valence-electron chi connectivity index (χ1n) is 9.31. The number of anilines is 2. The van der Waals surface area contributed by atoms with Gasteiger partial charge in [-0.3, -0.25) is 9.69 Å². The van der Waals surface area contributed by atoms with Crippen LogP contribution in [0.4, 0.5) is 11.7 Å². The molecule has 156 valence electrons. The quantitative estimate of drug-likeness (QED) is 0.555. The zero-order valence-electron chi connectivity index (χ0n) is 15.8. The highest BCUT2D eigenvalue weighted by Crippen LogP contribution is 2.37. The van der Waals surface area contributed by atoms with Gasteiger partial charge in [0.2, 0.25) is 18.6 Å². The standard InChI is InChI=1S/C19H18N4O5S2/c20-16-18(22-3-5-25-6-4-22)28-15(21-16)8-14-17(24)23(19(29)30-14)9-11-1-2-12-13(7-11)27-10-26-12/h1-2,7-8H,3-6,9-10,20H2/b14-8+. The number of amides is 1. The first-order chi connectivity index (χ1) is 14.6. The van der Waals surface area contributed by atoms with Crippen molar-refractivity contribution in [1.82, 2.24) is 9.88 Å². The lowest BCUT2D eigenvalue weighted by Gasteiger charge is -2.26. The van der Waals surface area contributed by atoms with Crippen LogP contribution in [0.25, 0.3) is 6.08 Å². The SMILES string of the molecule is Nc1nc(/C=C2/SC(=S)N(Cc3ccc4c(c3)OCO4)C2=O)oc1N1CCOCC1. The highest BCUT2D eigenvalue weighted by atomic mass is 32.2. The molecule has 11 heteroatoms. The molecule has 2 saturated heterocycles. The van der Waals surface area contributed by atoms with E-state index < -0.39 is 0 Å². The Morgan fingerprint density at radius 1 is 1.23 bits per heavy atom. The number of nitrogens with zero attached hydrogens (tertiary/aromatic N) is 3. The summed E-state index contributed by atoms with van der Waals surface area (Å²) >= 11 is 6.63. The molecule has 2 fully saturated rings. The molecule has 0 saturated carbocycles. The lowest BCUT2D eigenvalue weighted by atomic mass is 10.2. The van der Waals surface area contributed by atoms with Gasteiger partial charge in [0.25, 0.3) is 5.91 Å². The number of nitrogen functional groups attached to an aromatic ring is 1. The van der Waals surface area contributed by atoms with Gasteiger partial charge in [0.1, 0.15) is 4.32 Å². The van der Waals surface area contributed by atoms with Gasteiger partial charge < -0.3 is 29.3 Å². The third kappa shape index (κ3) is 3.59. The van der Waals surface area contributed by atoms with Crippen LogP contribution in [0.3, 0.4) is 0 Å². The van der Waals surface area contributed by atoms with Crippen LogP contribution < -0.4 is 20.1 Å². The number of morpholine rings is 1. The number of aromatic nitrogens is 1. The molecular formula is C19H18N4O5S2. The predicted octanol–water partition coefficient (Wildman–Crippen LogP) is 2.22. The molecule has 0 radical (unpaired) electrons. The average Bonchev–Trinajstić information content (AvgIpc) is 3.43. The Morgan fingerprint density at radius 2 is 2.03 bits per heavy atom. The molecule has 0 spiro atoms. The van der Waals surface area contributed by atoms with Crippen molar-refractivity contribution in [3.63, 3.8) is 0 Å². The normalized spacial score (nSPS) is 19.9. The van der Waals surface area contributed by atoms with Crippen molar-refractivity contribution in [3.8, 4) is 11.5 Å². The van der Waals surface area contributed by atoms with Crippen LogP contribution in [0.15, 0.2) is 27.5 Å². The number of hydrogen-bond donors (Lipinski definition) is 1. The first-order valence-corrected chi connectivity index (χ1v) is 10.5. The number of carbonyl (C=O) groups excluding carboxylic acids is 1. The molecule has 0 unspecified atom stereocenters. The number of thioether (sulfide) groups is 1. The highest BCUT2D eigenvalue weighted by Gasteiger charge is 2.33. The topological polar surface area (TPSA) is 103 Å². The lowest BCUT2D eigenvalue weighted by Crippen LogP contribution is -2.36. The molecule has 3 aliphatic heterocycles. The molecule has 30 heavy (non-hydrogen) atoms. The van der Waals surface area contributed by atoms with Crippen molar-refractivity contribution >= 4 is 52.0 Å². The summed E-state index contributed by atoms with van der Waals surface area (Å²) in [5, 5.41) is 0. The number of oxazole rings is 1. The Morgan fingerprint density at radius 3 is 2.87 bits per heavy atom. The van der Waals surface area contributed by atoms with Crippen LogP contribution in [0, 0.1) is 0 Å². The summed E-state index contributed by atoms with van der Waals surface area (Å²) in [6.07, 6.45) is 1.58. The number of rotatable bonds is 4. The molecule has 2 aromatic rings. The maximum Gasteiger partial charge on any atom is 0.266 e. The number of carbonyl (C=O) groups is 1. The Hall–Kier alpha value is -2.76. The zero-order valence-corrected chi connectivity index (χ0v) is 17.5. The second-order valence-corrected chi connectivity index (χ2v) is 8.47. The van der Waals surface area contributed by atoms with Crippen molar-refractivity contribution in [2.75, 3.05) is 43.7 Å². The van der Waals surface area contributed by atoms with Gasteiger partial charge in [-0.2, -0.15) is 4.98 Å². The third-order valence-electron chi connectivity index (χ3n) is 4.86. The van der Waals surface area contributed by atoms with Crippen molar-refractivity contribution < 1.29 is 23.4 Å². The second-order valence-electron chi connectivity index (χ2n) is 6.80. The molecule has 0 aliphatic carbocycles. The average molecular weight is 447 g/mol. The van der Waals surface area contributed by atoms with Crippen molar-refractivity contribution in [3.05, 3.63) is 34.6 Å². The smallest absolute Gasteiger partial charge is 0.266 e. The van der Waals surface area contributed by atoms with Gasteiger partial charge in [-0.15, -0.1) is 0 Å².